The van der Waals surface area contributed by atoms with Crippen LogP contribution in [-0.2, 0) is 9.47 Å². The molecule has 1 aliphatic heterocycles. The lowest BCUT2D eigenvalue weighted by Crippen LogP contribution is -2.29. The first-order valence-electron chi connectivity index (χ1n) is 11.8. The van der Waals surface area contributed by atoms with Crippen LogP contribution in [0.5, 0.6) is 5.75 Å². The van der Waals surface area contributed by atoms with Gasteiger partial charge in [0.15, 0.2) is 5.82 Å². The van der Waals surface area contributed by atoms with Crippen molar-refractivity contribution in [1.29, 1.82) is 0 Å². The van der Waals surface area contributed by atoms with E-state index >= 15 is 0 Å². The molecule has 0 spiro atoms. The summed E-state index contributed by atoms with van der Waals surface area (Å²) in [5.74, 6) is 1.30. The molecule has 0 saturated carbocycles. The van der Waals surface area contributed by atoms with Crippen LogP contribution in [0.3, 0.4) is 0 Å². The van der Waals surface area contributed by atoms with E-state index in [1.54, 1.807) is 19.3 Å². The van der Waals surface area contributed by atoms with Gasteiger partial charge < -0.3 is 30.0 Å². The molecule has 0 aliphatic carbocycles. The van der Waals surface area contributed by atoms with E-state index in [0.29, 0.717) is 54.0 Å². The Labute approximate surface area is 210 Å². The smallest absolute Gasteiger partial charge is 0.339 e. The van der Waals surface area contributed by atoms with Gasteiger partial charge in [-0.2, -0.15) is 0 Å². The number of carbonyl (C=O) groups excluding carboxylic acids is 1. The lowest BCUT2D eigenvalue weighted by molar-refractivity contribution is 0.0600. The molecule has 3 aromatic rings. The molecule has 0 radical (unpaired) electrons. The summed E-state index contributed by atoms with van der Waals surface area (Å²) in [4.78, 5) is 26.0. The molecule has 1 aliphatic rings. The van der Waals surface area contributed by atoms with E-state index < -0.39 is 12.1 Å². The number of rotatable bonds is 10. The number of pyridine rings is 1. The Hall–Kier alpha value is -3.60. The van der Waals surface area contributed by atoms with Gasteiger partial charge in [-0.15, -0.1) is 0 Å². The predicted octanol–water partition coefficient (Wildman–Crippen LogP) is 2.46. The van der Waals surface area contributed by atoms with Gasteiger partial charge >= 0.3 is 5.97 Å². The number of ether oxygens (including phenoxy) is 3. The minimum atomic E-state index is -0.625. The van der Waals surface area contributed by atoms with Gasteiger partial charge in [-0.25, -0.2) is 14.8 Å². The number of nitrogens with one attached hydrogen (secondary N) is 2. The molecule has 10 heteroatoms. The highest BCUT2D eigenvalue weighted by molar-refractivity contribution is 5.90. The Balaban J connectivity index is 1.73. The molecule has 0 amide bonds. The van der Waals surface area contributed by atoms with Gasteiger partial charge in [0.25, 0.3) is 0 Å². The van der Waals surface area contributed by atoms with Crippen molar-refractivity contribution < 1.29 is 24.1 Å². The molecule has 36 heavy (non-hydrogen) atoms. The van der Waals surface area contributed by atoms with Gasteiger partial charge in [0.1, 0.15) is 24.3 Å². The Morgan fingerprint density at radius 3 is 2.86 bits per heavy atom. The number of hydrogen-bond donors (Lipinski definition) is 3. The monoisotopic (exact) mass is 493 g/mol. The summed E-state index contributed by atoms with van der Waals surface area (Å²) >= 11 is 0. The van der Waals surface area contributed by atoms with E-state index in [1.165, 1.54) is 13.3 Å². The Kier molecular flexibility index (Phi) is 8.42. The molecule has 2 atom stereocenters. The number of anilines is 1. The zero-order valence-electron chi connectivity index (χ0n) is 20.7. The van der Waals surface area contributed by atoms with Crippen LogP contribution >= 0.6 is 0 Å². The molecule has 1 saturated heterocycles. The number of aliphatic hydroxyl groups excluding tert-OH is 1. The quantitative estimate of drug-likeness (QED) is 0.362. The summed E-state index contributed by atoms with van der Waals surface area (Å²) in [6, 6.07) is 9.27. The number of carbonyl (C=O) groups is 1. The topological polar surface area (TPSA) is 128 Å². The Morgan fingerprint density at radius 1 is 1.25 bits per heavy atom. The molecule has 1 aromatic carbocycles. The minimum absolute atomic E-state index is 0.141. The standard InChI is InChI=1S/C26H31N5O5/c1-16-23(18-9-19(12-28-11-18)26(33)34-3)30-25(31-24(16)29-20-7-8-35-14-20)17-5-4-6-22(10-17)36-15-21(32)13-27-2/h4-6,9-12,20-21,27,32H,7-8,13-15H2,1-3H3,(H,29,30,31). The van der Waals surface area contributed by atoms with Gasteiger partial charge in [-0.3, -0.25) is 4.98 Å². The van der Waals surface area contributed by atoms with Crippen LogP contribution in [0.15, 0.2) is 42.7 Å². The fourth-order valence-corrected chi connectivity index (χ4v) is 3.92. The van der Waals surface area contributed by atoms with Gasteiger partial charge in [-0.1, -0.05) is 12.1 Å². The second-order valence-electron chi connectivity index (χ2n) is 8.58. The highest BCUT2D eigenvalue weighted by Gasteiger charge is 2.21. The van der Waals surface area contributed by atoms with E-state index in [9.17, 15) is 9.90 Å². The van der Waals surface area contributed by atoms with Crippen LogP contribution in [-0.4, -0.2) is 78.7 Å². The van der Waals surface area contributed by atoms with Crippen molar-refractivity contribution in [3.63, 3.8) is 0 Å². The highest BCUT2D eigenvalue weighted by atomic mass is 16.5. The average Bonchev–Trinajstić information content (AvgIpc) is 3.42. The van der Waals surface area contributed by atoms with Crippen molar-refractivity contribution in [3.8, 4) is 28.4 Å². The summed E-state index contributed by atoms with van der Waals surface area (Å²) in [6.45, 7) is 3.83. The third kappa shape index (κ3) is 6.14. The number of hydrogen-bond acceptors (Lipinski definition) is 10. The van der Waals surface area contributed by atoms with Crippen molar-refractivity contribution >= 4 is 11.8 Å². The highest BCUT2D eigenvalue weighted by Crippen LogP contribution is 2.31. The van der Waals surface area contributed by atoms with E-state index in [4.69, 9.17) is 24.2 Å². The summed E-state index contributed by atoms with van der Waals surface area (Å²) in [6.07, 6.45) is 3.38. The third-order valence-electron chi connectivity index (χ3n) is 5.82. The number of esters is 1. The number of nitrogens with zero attached hydrogens (tertiary/aromatic N) is 3. The van der Waals surface area contributed by atoms with Crippen LogP contribution in [0.25, 0.3) is 22.6 Å². The fraction of sp³-hybridized carbons (Fsp3) is 0.385. The molecular weight excluding hydrogens is 462 g/mol. The first-order valence-corrected chi connectivity index (χ1v) is 11.8. The fourth-order valence-electron chi connectivity index (χ4n) is 3.92. The lowest BCUT2D eigenvalue weighted by Gasteiger charge is -2.18. The molecule has 0 bridgehead atoms. The molecule has 3 heterocycles. The second-order valence-corrected chi connectivity index (χ2v) is 8.58. The van der Waals surface area contributed by atoms with Gasteiger partial charge in [0, 0.05) is 42.2 Å². The number of aliphatic hydroxyl groups is 1. The number of aromatic nitrogens is 3. The Bertz CT molecular complexity index is 1200. The van der Waals surface area contributed by atoms with E-state index in [0.717, 1.165) is 17.5 Å². The van der Waals surface area contributed by atoms with Gasteiger partial charge in [0.2, 0.25) is 0 Å². The van der Waals surface area contributed by atoms with Gasteiger partial charge in [-0.05, 0) is 38.6 Å². The maximum atomic E-state index is 12.1. The first kappa shape index (κ1) is 25.5. The zero-order chi connectivity index (χ0) is 25.5. The zero-order valence-corrected chi connectivity index (χ0v) is 20.7. The van der Waals surface area contributed by atoms with Crippen molar-refractivity contribution in [3.05, 3.63) is 53.9 Å². The van der Waals surface area contributed by atoms with Crippen molar-refractivity contribution in [2.75, 3.05) is 45.8 Å². The van der Waals surface area contributed by atoms with E-state index in [-0.39, 0.29) is 12.6 Å². The van der Waals surface area contributed by atoms with Crippen molar-refractivity contribution in [2.45, 2.75) is 25.5 Å². The SMILES string of the molecule is CNCC(O)COc1cccc(-c2nc(NC3CCOC3)c(C)c(-c3cncc(C(=O)OC)c3)n2)c1. The van der Waals surface area contributed by atoms with Crippen LogP contribution in [0.4, 0.5) is 5.82 Å². The molecule has 3 N–H and O–H groups in total. The van der Waals surface area contributed by atoms with Crippen molar-refractivity contribution in [2.24, 2.45) is 0 Å². The number of methoxy groups -OCH3 is 1. The molecule has 190 valence electrons. The molecule has 1 fully saturated rings. The minimum Gasteiger partial charge on any atom is -0.491 e. The maximum absolute atomic E-state index is 12.1. The normalized spacial score (nSPS) is 15.9. The summed E-state index contributed by atoms with van der Waals surface area (Å²) in [5, 5.41) is 16.4. The molecule has 2 unspecified atom stereocenters. The van der Waals surface area contributed by atoms with E-state index in [2.05, 4.69) is 15.6 Å². The maximum Gasteiger partial charge on any atom is 0.339 e. The van der Waals surface area contributed by atoms with E-state index in [1.807, 2.05) is 31.2 Å². The molecular formula is C26H31N5O5. The summed E-state index contributed by atoms with van der Waals surface area (Å²) in [7, 11) is 3.11. The summed E-state index contributed by atoms with van der Waals surface area (Å²) in [5.41, 5.74) is 3.24. The van der Waals surface area contributed by atoms with Crippen LogP contribution in [0.1, 0.15) is 22.3 Å². The van der Waals surface area contributed by atoms with Crippen molar-refractivity contribution in [1.82, 2.24) is 20.3 Å². The number of likely N-dealkylation sites (N-methyl/N-ethyl adjacent to an activating group) is 1. The van der Waals surface area contributed by atoms with Crippen LogP contribution < -0.4 is 15.4 Å². The lowest BCUT2D eigenvalue weighted by atomic mass is 10.1. The molecule has 2 aromatic heterocycles. The predicted molar refractivity (Wildman–Crippen MR) is 135 cm³/mol. The molecule has 10 nitrogen and oxygen atoms in total. The average molecular weight is 494 g/mol. The van der Waals surface area contributed by atoms with Crippen LogP contribution in [0.2, 0.25) is 0 Å². The number of benzene rings is 1. The van der Waals surface area contributed by atoms with Gasteiger partial charge in [0.05, 0.1) is 31.0 Å². The largest absolute Gasteiger partial charge is 0.491 e. The summed E-state index contributed by atoms with van der Waals surface area (Å²) < 4.78 is 16.2. The third-order valence-corrected chi connectivity index (χ3v) is 5.82. The first-order chi connectivity index (χ1) is 17.5. The second kappa shape index (κ2) is 11.9. The molecule has 4 rings (SSSR count). The Morgan fingerprint density at radius 2 is 2.11 bits per heavy atom. The van der Waals surface area contributed by atoms with Crippen LogP contribution in [0, 0.1) is 6.92 Å².